The number of rotatable bonds is 6. The Morgan fingerprint density at radius 1 is 0.967 bits per heavy atom. The van der Waals surface area contributed by atoms with Crippen molar-refractivity contribution in [2.45, 2.75) is 19.5 Å². The second-order valence-electron chi connectivity index (χ2n) is 6.91. The molecule has 150 valence electrons. The van der Waals surface area contributed by atoms with E-state index in [1.54, 1.807) is 17.1 Å². The van der Waals surface area contributed by atoms with E-state index in [0.29, 0.717) is 12.2 Å². The average molecular weight is 398 g/mol. The van der Waals surface area contributed by atoms with Crippen molar-refractivity contribution >= 4 is 6.03 Å². The Kier molecular flexibility index (Phi) is 5.80. The number of urea groups is 1. The molecule has 2 N–H and O–H groups in total. The second kappa shape index (κ2) is 9.00. The quantitative estimate of drug-likeness (QED) is 0.516. The lowest BCUT2D eigenvalue weighted by molar-refractivity contribution is 0.237. The van der Waals surface area contributed by atoms with E-state index in [1.807, 2.05) is 79.9 Å². The average Bonchev–Trinajstić information content (AvgIpc) is 3.30. The van der Waals surface area contributed by atoms with Crippen molar-refractivity contribution in [3.8, 4) is 16.8 Å². The molecule has 30 heavy (non-hydrogen) atoms. The van der Waals surface area contributed by atoms with E-state index < -0.39 is 0 Å². The van der Waals surface area contributed by atoms with Crippen molar-refractivity contribution in [3.63, 3.8) is 0 Å². The molecule has 0 aliphatic rings. The van der Waals surface area contributed by atoms with Crippen molar-refractivity contribution in [2.24, 2.45) is 0 Å². The first-order chi connectivity index (χ1) is 14.7. The largest absolute Gasteiger partial charge is 0.334 e. The molecule has 0 fully saturated rings. The van der Waals surface area contributed by atoms with Crippen LogP contribution in [0.3, 0.4) is 0 Å². The highest BCUT2D eigenvalue weighted by Gasteiger charge is 2.13. The zero-order valence-corrected chi connectivity index (χ0v) is 16.6. The number of nitrogens with zero attached hydrogens (tertiary/aromatic N) is 4. The topological polar surface area (TPSA) is 84.7 Å². The highest BCUT2D eigenvalue weighted by atomic mass is 16.2. The third kappa shape index (κ3) is 4.70. The molecule has 2 aromatic heterocycles. The van der Waals surface area contributed by atoms with Gasteiger partial charge in [0.15, 0.2) is 0 Å². The van der Waals surface area contributed by atoms with Gasteiger partial charge in [-0.05, 0) is 47.9 Å². The van der Waals surface area contributed by atoms with Crippen LogP contribution in [0.4, 0.5) is 4.79 Å². The smallest absolute Gasteiger partial charge is 0.315 e. The number of carbonyl (C=O) groups is 1. The summed E-state index contributed by atoms with van der Waals surface area (Å²) in [6.07, 6.45) is 5.36. The molecule has 1 atom stereocenters. The van der Waals surface area contributed by atoms with E-state index in [4.69, 9.17) is 0 Å². The van der Waals surface area contributed by atoms with Crippen LogP contribution < -0.4 is 10.6 Å². The lowest BCUT2D eigenvalue weighted by Crippen LogP contribution is -2.36. The summed E-state index contributed by atoms with van der Waals surface area (Å²) in [5.41, 5.74) is 4.85. The minimum absolute atomic E-state index is 0.255. The molecule has 4 aromatic rings. The van der Waals surface area contributed by atoms with Gasteiger partial charge in [0.2, 0.25) is 0 Å². The summed E-state index contributed by atoms with van der Waals surface area (Å²) in [7, 11) is 0. The van der Waals surface area contributed by atoms with Crippen LogP contribution in [0.25, 0.3) is 16.8 Å². The van der Waals surface area contributed by atoms with E-state index in [-0.39, 0.29) is 12.1 Å². The molecule has 0 spiro atoms. The van der Waals surface area contributed by atoms with Crippen molar-refractivity contribution < 1.29 is 4.79 Å². The molecule has 0 saturated carbocycles. The van der Waals surface area contributed by atoms with Gasteiger partial charge in [0.25, 0.3) is 0 Å². The Hall–Kier alpha value is -4.00. The molecule has 0 aliphatic carbocycles. The molecule has 4 rings (SSSR count). The van der Waals surface area contributed by atoms with Crippen LogP contribution in [0.15, 0.2) is 85.3 Å². The number of hydrogen-bond donors (Lipinski definition) is 2. The predicted octanol–water partition coefficient (Wildman–Crippen LogP) is 3.89. The number of para-hydroxylation sites is 1. The summed E-state index contributed by atoms with van der Waals surface area (Å²) in [5.74, 6) is 0. The lowest BCUT2D eigenvalue weighted by atomic mass is 10.1. The zero-order chi connectivity index (χ0) is 20.8. The number of amides is 2. The second-order valence-corrected chi connectivity index (χ2v) is 6.91. The Morgan fingerprint density at radius 2 is 1.67 bits per heavy atom. The number of hydrogen-bond acceptors (Lipinski definition) is 4. The van der Waals surface area contributed by atoms with Gasteiger partial charge in [0.1, 0.15) is 5.69 Å². The van der Waals surface area contributed by atoms with Crippen molar-refractivity contribution in [3.05, 3.63) is 96.6 Å². The first-order valence-electron chi connectivity index (χ1n) is 9.70. The minimum atomic E-state index is -0.267. The summed E-state index contributed by atoms with van der Waals surface area (Å²) in [4.78, 5) is 16.3. The van der Waals surface area contributed by atoms with Crippen LogP contribution in [0.1, 0.15) is 24.2 Å². The van der Waals surface area contributed by atoms with Crippen molar-refractivity contribution in [1.29, 1.82) is 0 Å². The van der Waals surface area contributed by atoms with Crippen molar-refractivity contribution in [2.75, 3.05) is 0 Å². The molecule has 0 saturated heterocycles. The number of aromatic nitrogens is 4. The van der Waals surface area contributed by atoms with Gasteiger partial charge < -0.3 is 10.6 Å². The molecule has 7 nitrogen and oxygen atoms in total. The third-order valence-electron chi connectivity index (χ3n) is 4.74. The van der Waals surface area contributed by atoms with E-state index in [0.717, 1.165) is 22.4 Å². The molecule has 0 radical (unpaired) electrons. The summed E-state index contributed by atoms with van der Waals surface area (Å²) >= 11 is 0. The highest BCUT2D eigenvalue weighted by Crippen LogP contribution is 2.18. The normalized spacial score (nSPS) is 11.6. The summed E-state index contributed by atoms with van der Waals surface area (Å²) < 4.78 is 1.69. The highest BCUT2D eigenvalue weighted by molar-refractivity contribution is 5.74. The maximum atomic E-state index is 12.3. The standard InChI is InChI=1S/C23H22N6O/c1-17(22-16-29(28-27-22)21-5-3-2-4-6-21)26-23(30)25-15-18-7-9-19(10-8-18)20-11-13-24-14-12-20/h2-14,16-17H,15H2,1H3,(H2,25,26,30). The number of carbonyl (C=O) groups excluding carboxylic acids is 1. The van der Waals surface area contributed by atoms with Gasteiger partial charge in [-0.25, -0.2) is 9.48 Å². The number of benzene rings is 2. The predicted molar refractivity (Wildman–Crippen MR) is 115 cm³/mol. The first kappa shape index (κ1) is 19.3. The first-order valence-corrected chi connectivity index (χ1v) is 9.70. The SMILES string of the molecule is CC(NC(=O)NCc1ccc(-c2ccncc2)cc1)c1cn(-c2ccccc2)nn1. The van der Waals surface area contributed by atoms with Gasteiger partial charge in [-0.2, -0.15) is 0 Å². The monoisotopic (exact) mass is 398 g/mol. The molecule has 2 amide bonds. The Morgan fingerprint density at radius 3 is 2.40 bits per heavy atom. The molecule has 0 bridgehead atoms. The molecule has 0 aliphatic heterocycles. The van der Waals surface area contributed by atoms with Gasteiger partial charge in [-0.3, -0.25) is 4.98 Å². The van der Waals surface area contributed by atoms with E-state index >= 15 is 0 Å². The fourth-order valence-electron chi connectivity index (χ4n) is 3.05. The van der Waals surface area contributed by atoms with Crippen LogP contribution in [-0.2, 0) is 6.54 Å². The lowest BCUT2D eigenvalue weighted by Gasteiger charge is -2.12. The van der Waals surface area contributed by atoms with Gasteiger partial charge >= 0.3 is 6.03 Å². The molecular formula is C23H22N6O. The molecule has 2 aromatic carbocycles. The number of nitrogens with one attached hydrogen (secondary N) is 2. The Bertz CT molecular complexity index is 1090. The van der Waals surface area contributed by atoms with E-state index in [9.17, 15) is 4.79 Å². The Labute approximate surface area is 174 Å². The minimum Gasteiger partial charge on any atom is -0.334 e. The van der Waals surface area contributed by atoms with Gasteiger partial charge in [-0.15, -0.1) is 5.10 Å². The molecule has 2 heterocycles. The van der Waals surface area contributed by atoms with Crippen molar-refractivity contribution in [1.82, 2.24) is 30.6 Å². The molecule has 1 unspecified atom stereocenters. The van der Waals surface area contributed by atoms with Crippen LogP contribution in [0.5, 0.6) is 0 Å². The fourth-order valence-corrected chi connectivity index (χ4v) is 3.05. The zero-order valence-electron chi connectivity index (χ0n) is 16.6. The van der Waals surface area contributed by atoms with Gasteiger partial charge in [-0.1, -0.05) is 47.7 Å². The molecule has 7 heteroatoms. The van der Waals surface area contributed by atoms with Crippen LogP contribution in [-0.4, -0.2) is 26.0 Å². The summed E-state index contributed by atoms with van der Waals surface area (Å²) in [6, 6.07) is 21.2. The maximum Gasteiger partial charge on any atom is 0.315 e. The van der Waals surface area contributed by atoms with Gasteiger partial charge in [0.05, 0.1) is 17.9 Å². The number of pyridine rings is 1. The van der Waals surface area contributed by atoms with Gasteiger partial charge in [0, 0.05) is 18.9 Å². The summed E-state index contributed by atoms with van der Waals surface area (Å²) in [5, 5.41) is 14.1. The fraction of sp³-hybridized carbons (Fsp3) is 0.130. The van der Waals surface area contributed by atoms with E-state index in [1.165, 1.54) is 0 Å². The Balaban J connectivity index is 1.30. The van der Waals surface area contributed by atoms with Crippen LogP contribution in [0, 0.1) is 0 Å². The molecular weight excluding hydrogens is 376 g/mol. The van der Waals surface area contributed by atoms with Crippen LogP contribution >= 0.6 is 0 Å². The third-order valence-corrected chi connectivity index (χ3v) is 4.74. The summed E-state index contributed by atoms with van der Waals surface area (Å²) in [6.45, 7) is 2.31. The van der Waals surface area contributed by atoms with Crippen LogP contribution in [0.2, 0.25) is 0 Å². The van der Waals surface area contributed by atoms with E-state index in [2.05, 4.69) is 25.9 Å². The maximum absolute atomic E-state index is 12.3.